The standard InChI is InChI=1S/C19H25N5O/c1-14(2)19(25)24-9-6-15(7-10-24)11-16-12-18(22-13-21-16)23-17-5-3-4-8-20-17/h3-5,8,12-15H,6-7,9-11H2,1-2H3,(H,20,21,22,23). The van der Waals surface area contributed by atoms with Gasteiger partial charge in [0, 0.05) is 37.0 Å². The number of hydrogen-bond acceptors (Lipinski definition) is 5. The summed E-state index contributed by atoms with van der Waals surface area (Å²) in [6.45, 7) is 5.63. The first kappa shape index (κ1) is 17.3. The zero-order valence-corrected chi connectivity index (χ0v) is 14.9. The van der Waals surface area contributed by atoms with Crippen LogP contribution in [0, 0.1) is 11.8 Å². The Morgan fingerprint density at radius 1 is 1.20 bits per heavy atom. The molecule has 6 heteroatoms. The summed E-state index contributed by atoms with van der Waals surface area (Å²) in [7, 11) is 0. The van der Waals surface area contributed by atoms with Crippen molar-refractivity contribution in [2.75, 3.05) is 18.4 Å². The Morgan fingerprint density at radius 3 is 2.68 bits per heavy atom. The molecule has 3 rings (SSSR count). The SMILES string of the molecule is CC(C)C(=O)N1CCC(Cc2cc(Nc3ccccn3)ncn2)CC1. The van der Waals surface area contributed by atoms with Crippen LogP contribution in [0.3, 0.4) is 0 Å². The maximum absolute atomic E-state index is 12.1. The number of amides is 1. The van der Waals surface area contributed by atoms with Crippen molar-refractivity contribution in [3.63, 3.8) is 0 Å². The smallest absolute Gasteiger partial charge is 0.225 e. The quantitative estimate of drug-likeness (QED) is 0.906. The van der Waals surface area contributed by atoms with Gasteiger partial charge in [-0.15, -0.1) is 0 Å². The normalized spacial score (nSPS) is 15.4. The molecule has 132 valence electrons. The fourth-order valence-corrected chi connectivity index (χ4v) is 3.16. The molecule has 1 amide bonds. The number of piperidine rings is 1. The summed E-state index contributed by atoms with van der Waals surface area (Å²) in [5.74, 6) is 2.44. The molecule has 0 unspecified atom stereocenters. The molecule has 25 heavy (non-hydrogen) atoms. The lowest BCUT2D eigenvalue weighted by Gasteiger charge is -2.33. The van der Waals surface area contributed by atoms with E-state index in [2.05, 4.69) is 20.3 Å². The Morgan fingerprint density at radius 2 is 2.00 bits per heavy atom. The predicted molar refractivity (Wildman–Crippen MR) is 97.4 cm³/mol. The van der Waals surface area contributed by atoms with E-state index < -0.39 is 0 Å². The Hall–Kier alpha value is -2.50. The van der Waals surface area contributed by atoms with Gasteiger partial charge in [-0.1, -0.05) is 19.9 Å². The molecule has 0 aromatic carbocycles. The number of aromatic nitrogens is 3. The topological polar surface area (TPSA) is 71.0 Å². The highest BCUT2D eigenvalue weighted by atomic mass is 16.2. The summed E-state index contributed by atoms with van der Waals surface area (Å²) in [6.07, 6.45) is 6.33. The molecule has 2 aromatic heterocycles. The van der Waals surface area contributed by atoms with Crippen molar-refractivity contribution in [1.82, 2.24) is 19.9 Å². The molecule has 0 spiro atoms. The Kier molecular flexibility index (Phi) is 5.58. The lowest BCUT2D eigenvalue weighted by molar-refractivity contribution is -0.135. The summed E-state index contributed by atoms with van der Waals surface area (Å²) in [6, 6.07) is 7.71. The van der Waals surface area contributed by atoms with E-state index >= 15 is 0 Å². The minimum absolute atomic E-state index is 0.0821. The monoisotopic (exact) mass is 339 g/mol. The Bertz CT molecular complexity index is 696. The van der Waals surface area contributed by atoms with E-state index in [4.69, 9.17) is 0 Å². The van der Waals surface area contributed by atoms with Crippen LogP contribution in [-0.4, -0.2) is 38.8 Å². The molecule has 3 heterocycles. The number of pyridine rings is 1. The van der Waals surface area contributed by atoms with Crippen LogP contribution in [0.5, 0.6) is 0 Å². The van der Waals surface area contributed by atoms with E-state index in [0.29, 0.717) is 5.92 Å². The Balaban J connectivity index is 1.55. The van der Waals surface area contributed by atoms with Crippen molar-refractivity contribution in [2.24, 2.45) is 11.8 Å². The third kappa shape index (κ3) is 4.75. The lowest BCUT2D eigenvalue weighted by atomic mass is 9.91. The van der Waals surface area contributed by atoms with Crippen LogP contribution in [0.2, 0.25) is 0 Å². The van der Waals surface area contributed by atoms with Crippen LogP contribution in [0.15, 0.2) is 36.8 Å². The van der Waals surface area contributed by atoms with E-state index in [1.807, 2.05) is 43.0 Å². The van der Waals surface area contributed by atoms with E-state index in [1.165, 1.54) is 0 Å². The van der Waals surface area contributed by atoms with Crippen molar-refractivity contribution in [2.45, 2.75) is 33.1 Å². The van der Waals surface area contributed by atoms with Gasteiger partial charge in [0.1, 0.15) is 18.0 Å². The van der Waals surface area contributed by atoms with Gasteiger partial charge in [-0.25, -0.2) is 15.0 Å². The fraction of sp³-hybridized carbons (Fsp3) is 0.474. The maximum Gasteiger partial charge on any atom is 0.225 e. The van der Waals surface area contributed by atoms with Crippen molar-refractivity contribution in [1.29, 1.82) is 0 Å². The highest BCUT2D eigenvalue weighted by molar-refractivity contribution is 5.78. The van der Waals surface area contributed by atoms with Crippen LogP contribution in [0.25, 0.3) is 0 Å². The maximum atomic E-state index is 12.1. The molecule has 0 atom stereocenters. The molecule has 6 nitrogen and oxygen atoms in total. The molecule has 2 aromatic rings. The van der Waals surface area contributed by atoms with Crippen LogP contribution < -0.4 is 5.32 Å². The number of nitrogens with zero attached hydrogens (tertiary/aromatic N) is 4. The van der Waals surface area contributed by atoms with Gasteiger partial charge < -0.3 is 10.2 Å². The molecule has 0 bridgehead atoms. The van der Waals surface area contributed by atoms with Crippen molar-refractivity contribution in [3.8, 4) is 0 Å². The van der Waals surface area contributed by atoms with Gasteiger partial charge in [0.15, 0.2) is 0 Å². The average Bonchev–Trinajstić information content (AvgIpc) is 2.63. The summed E-state index contributed by atoms with van der Waals surface area (Å²) >= 11 is 0. The molecule has 0 aliphatic carbocycles. The molecule has 0 saturated carbocycles. The zero-order chi connectivity index (χ0) is 17.6. The average molecular weight is 339 g/mol. The molecule has 1 aliphatic heterocycles. The molecule has 1 fully saturated rings. The van der Waals surface area contributed by atoms with E-state index in [1.54, 1.807) is 12.5 Å². The Labute approximate surface area is 148 Å². The lowest BCUT2D eigenvalue weighted by Crippen LogP contribution is -2.41. The molecular weight excluding hydrogens is 314 g/mol. The minimum Gasteiger partial charge on any atom is -0.342 e. The second-order valence-electron chi connectivity index (χ2n) is 6.86. The van der Waals surface area contributed by atoms with Crippen LogP contribution >= 0.6 is 0 Å². The summed E-state index contributed by atoms with van der Waals surface area (Å²) in [5, 5.41) is 3.20. The highest BCUT2D eigenvalue weighted by Crippen LogP contribution is 2.23. The van der Waals surface area contributed by atoms with Gasteiger partial charge in [-0.2, -0.15) is 0 Å². The summed E-state index contributed by atoms with van der Waals surface area (Å²) in [4.78, 5) is 27.0. The molecule has 1 aliphatic rings. The number of carbonyl (C=O) groups excluding carboxylic acids is 1. The third-order valence-corrected chi connectivity index (χ3v) is 4.56. The first-order chi connectivity index (χ1) is 12.1. The largest absolute Gasteiger partial charge is 0.342 e. The first-order valence-electron chi connectivity index (χ1n) is 8.89. The number of anilines is 2. The number of rotatable bonds is 5. The second-order valence-corrected chi connectivity index (χ2v) is 6.86. The zero-order valence-electron chi connectivity index (χ0n) is 14.9. The van der Waals surface area contributed by atoms with Crippen LogP contribution in [-0.2, 0) is 11.2 Å². The van der Waals surface area contributed by atoms with Crippen molar-refractivity contribution in [3.05, 3.63) is 42.5 Å². The van der Waals surface area contributed by atoms with Crippen molar-refractivity contribution >= 4 is 17.5 Å². The number of nitrogens with one attached hydrogen (secondary N) is 1. The van der Waals surface area contributed by atoms with Gasteiger partial charge in [0.25, 0.3) is 0 Å². The first-order valence-corrected chi connectivity index (χ1v) is 8.89. The van der Waals surface area contributed by atoms with Crippen LogP contribution in [0.4, 0.5) is 11.6 Å². The summed E-state index contributed by atoms with van der Waals surface area (Å²) < 4.78 is 0. The second kappa shape index (κ2) is 8.05. The number of likely N-dealkylation sites (tertiary alicyclic amines) is 1. The predicted octanol–water partition coefficient (Wildman–Crippen LogP) is 3.05. The highest BCUT2D eigenvalue weighted by Gasteiger charge is 2.24. The van der Waals surface area contributed by atoms with Gasteiger partial charge in [-0.3, -0.25) is 4.79 Å². The number of carbonyl (C=O) groups is 1. The fourth-order valence-electron chi connectivity index (χ4n) is 3.16. The van der Waals surface area contributed by atoms with E-state index in [9.17, 15) is 4.79 Å². The van der Waals surface area contributed by atoms with E-state index in [0.717, 1.165) is 49.7 Å². The molecule has 1 saturated heterocycles. The minimum atomic E-state index is 0.0821. The third-order valence-electron chi connectivity index (χ3n) is 4.56. The van der Waals surface area contributed by atoms with Gasteiger partial charge >= 0.3 is 0 Å². The molecule has 0 radical (unpaired) electrons. The van der Waals surface area contributed by atoms with Crippen LogP contribution in [0.1, 0.15) is 32.4 Å². The van der Waals surface area contributed by atoms with Crippen molar-refractivity contribution < 1.29 is 4.79 Å². The van der Waals surface area contributed by atoms with Gasteiger partial charge in [0.2, 0.25) is 5.91 Å². The summed E-state index contributed by atoms with van der Waals surface area (Å²) in [5.41, 5.74) is 1.03. The van der Waals surface area contributed by atoms with Gasteiger partial charge in [-0.05, 0) is 37.3 Å². The molecular formula is C19H25N5O. The molecule has 1 N–H and O–H groups in total. The number of hydrogen-bond donors (Lipinski definition) is 1. The van der Waals surface area contributed by atoms with Gasteiger partial charge in [0.05, 0.1) is 0 Å². The van der Waals surface area contributed by atoms with E-state index in [-0.39, 0.29) is 11.8 Å².